The predicted molar refractivity (Wildman–Crippen MR) is 114 cm³/mol. The third-order valence-electron chi connectivity index (χ3n) is 5.00. The summed E-state index contributed by atoms with van der Waals surface area (Å²) in [5.41, 5.74) is 2.30. The molecule has 0 atom stereocenters. The molecule has 1 heterocycles. The highest BCUT2D eigenvalue weighted by atomic mass is 16.5. The van der Waals surface area contributed by atoms with Crippen LogP contribution in [0.1, 0.15) is 17.0 Å². The summed E-state index contributed by atoms with van der Waals surface area (Å²) >= 11 is 0. The lowest BCUT2D eigenvalue weighted by molar-refractivity contribution is -0.137. The Kier molecular flexibility index (Phi) is 6.97. The molecule has 2 aromatic rings. The molecule has 7 nitrogen and oxygen atoms in total. The van der Waals surface area contributed by atoms with Gasteiger partial charge in [-0.1, -0.05) is 24.3 Å². The maximum Gasteiger partial charge on any atom is 0.336 e. The second-order valence-electron chi connectivity index (χ2n) is 6.89. The van der Waals surface area contributed by atoms with Gasteiger partial charge in [0.2, 0.25) is 0 Å². The highest BCUT2D eigenvalue weighted by molar-refractivity contribution is 5.98. The summed E-state index contributed by atoms with van der Waals surface area (Å²) in [5.74, 6) is -0.379. The Bertz CT molecular complexity index is 992. The third-order valence-corrected chi connectivity index (χ3v) is 5.00. The molecule has 3 rings (SSSR count). The summed E-state index contributed by atoms with van der Waals surface area (Å²) < 4.78 is 20.7. The average molecular weight is 423 g/mol. The zero-order valence-corrected chi connectivity index (χ0v) is 18.0. The number of carbonyl (C=O) groups is 2. The first-order valence-electron chi connectivity index (χ1n) is 9.63. The molecule has 0 unspecified atom stereocenters. The minimum atomic E-state index is -0.656. The molecule has 7 heteroatoms. The molecule has 0 aliphatic carbocycles. The summed E-state index contributed by atoms with van der Waals surface area (Å²) in [6, 6.07) is 14.8. The van der Waals surface area contributed by atoms with Crippen molar-refractivity contribution < 1.29 is 28.5 Å². The normalized spacial score (nSPS) is 13.7. The van der Waals surface area contributed by atoms with Gasteiger partial charge in [0.1, 0.15) is 11.5 Å². The van der Waals surface area contributed by atoms with Crippen LogP contribution in [0.3, 0.4) is 0 Å². The quantitative estimate of drug-likeness (QED) is 0.632. The molecule has 0 spiro atoms. The smallest absolute Gasteiger partial charge is 0.336 e. The zero-order chi connectivity index (χ0) is 22.4. The molecule has 162 valence electrons. The molecule has 31 heavy (non-hydrogen) atoms. The third kappa shape index (κ3) is 4.88. The monoisotopic (exact) mass is 423 g/mol. The maximum absolute atomic E-state index is 12.7. The lowest BCUT2D eigenvalue weighted by atomic mass is 9.83. The Morgan fingerprint density at radius 3 is 1.90 bits per heavy atom. The maximum atomic E-state index is 12.7. The second kappa shape index (κ2) is 9.84. The number of esters is 2. The van der Waals surface area contributed by atoms with Crippen LogP contribution in [0.5, 0.6) is 11.5 Å². The number of nitrogens with zero attached hydrogens (tertiary/aromatic N) is 1. The van der Waals surface area contributed by atoms with Gasteiger partial charge in [-0.05, 0) is 35.4 Å². The molecular weight excluding hydrogens is 398 g/mol. The van der Waals surface area contributed by atoms with Gasteiger partial charge in [0.15, 0.2) is 0 Å². The van der Waals surface area contributed by atoms with Crippen molar-refractivity contribution in [2.45, 2.75) is 12.5 Å². The molecule has 0 amide bonds. The fourth-order valence-corrected chi connectivity index (χ4v) is 3.54. The second-order valence-corrected chi connectivity index (χ2v) is 6.89. The Morgan fingerprint density at radius 1 is 0.806 bits per heavy atom. The van der Waals surface area contributed by atoms with E-state index in [0.29, 0.717) is 29.0 Å². The molecule has 2 aromatic carbocycles. The molecule has 0 aromatic heterocycles. The van der Waals surface area contributed by atoms with Crippen LogP contribution < -0.4 is 9.47 Å². The summed E-state index contributed by atoms with van der Waals surface area (Å²) in [5, 5.41) is 0. The van der Waals surface area contributed by atoms with Gasteiger partial charge in [-0.3, -0.25) is 0 Å². The standard InChI is InChI=1S/C24H25NO6/c1-28-18-9-5-7-16(11-18)13-25-14-20(23(26)30-3)22(21(15-25)24(27)31-4)17-8-6-10-19(12-17)29-2/h5-12,14-15,22H,13H2,1-4H3. The van der Waals surface area contributed by atoms with Crippen LogP contribution in [0.4, 0.5) is 0 Å². The van der Waals surface area contributed by atoms with Crippen LogP contribution in [-0.2, 0) is 25.6 Å². The van der Waals surface area contributed by atoms with E-state index >= 15 is 0 Å². The number of hydrogen-bond acceptors (Lipinski definition) is 7. The van der Waals surface area contributed by atoms with Crippen molar-refractivity contribution in [3.05, 3.63) is 83.2 Å². The largest absolute Gasteiger partial charge is 0.497 e. The van der Waals surface area contributed by atoms with E-state index in [4.69, 9.17) is 18.9 Å². The van der Waals surface area contributed by atoms with E-state index in [9.17, 15) is 9.59 Å². The van der Waals surface area contributed by atoms with Gasteiger partial charge in [0.05, 0.1) is 45.5 Å². The van der Waals surface area contributed by atoms with Crippen LogP contribution in [0.25, 0.3) is 0 Å². The van der Waals surface area contributed by atoms with E-state index in [1.165, 1.54) is 14.2 Å². The van der Waals surface area contributed by atoms with Gasteiger partial charge < -0.3 is 23.8 Å². The first-order valence-corrected chi connectivity index (χ1v) is 9.63. The summed E-state index contributed by atoms with van der Waals surface area (Å²) in [6.45, 7) is 0.420. The zero-order valence-electron chi connectivity index (χ0n) is 18.0. The van der Waals surface area contributed by atoms with E-state index in [2.05, 4.69) is 0 Å². The van der Waals surface area contributed by atoms with Crippen molar-refractivity contribution in [2.24, 2.45) is 0 Å². The van der Waals surface area contributed by atoms with E-state index < -0.39 is 17.9 Å². The first-order chi connectivity index (χ1) is 15.0. The number of hydrogen-bond donors (Lipinski definition) is 0. The van der Waals surface area contributed by atoms with Gasteiger partial charge in [-0.15, -0.1) is 0 Å². The highest BCUT2D eigenvalue weighted by Crippen LogP contribution is 2.38. The SMILES string of the molecule is COC(=O)C1=CN(Cc2cccc(OC)c2)C=C(C(=O)OC)C1c1cccc(OC)c1. The lowest BCUT2D eigenvalue weighted by Gasteiger charge is -2.30. The van der Waals surface area contributed by atoms with Gasteiger partial charge in [-0.25, -0.2) is 9.59 Å². The minimum absolute atomic E-state index is 0.321. The van der Waals surface area contributed by atoms with Crippen LogP contribution in [0.2, 0.25) is 0 Å². The first kappa shape index (κ1) is 22.0. The van der Waals surface area contributed by atoms with Crippen LogP contribution in [-0.4, -0.2) is 45.3 Å². The number of rotatable bonds is 7. The highest BCUT2D eigenvalue weighted by Gasteiger charge is 2.35. The van der Waals surface area contributed by atoms with Crippen molar-refractivity contribution in [1.29, 1.82) is 0 Å². The van der Waals surface area contributed by atoms with Crippen LogP contribution in [0, 0.1) is 0 Å². The Hall–Kier alpha value is -3.74. The number of ether oxygens (including phenoxy) is 4. The molecule has 1 aliphatic rings. The Balaban J connectivity index is 2.07. The molecule has 0 radical (unpaired) electrons. The fraction of sp³-hybridized carbons (Fsp3) is 0.250. The van der Waals surface area contributed by atoms with E-state index in [-0.39, 0.29) is 0 Å². The summed E-state index contributed by atoms with van der Waals surface area (Å²) in [6.07, 6.45) is 3.39. The molecule has 0 N–H and O–H groups in total. The van der Waals surface area contributed by atoms with Gasteiger partial charge in [0, 0.05) is 18.9 Å². The van der Waals surface area contributed by atoms with E-state index in [0.717, 1.165) is 11.3 Å². The van der Waals surface area contributed by atoms with E-state index in [1.54, 1.807) is 49.7 Å². The molecular formula is C24H25NO6. The molecule has 0 saturated heterocycles. The number of carbonyl (C=O) groups excluding carboxylic acids is 2. The number of benzene rings is 2. The topological polar surface area (TPSA) is 74.3 Å². The van der Waals surface area contributed by atoms with Crippen molar-refractivity contribution in [2.75, 3.05) is 28.4 Å². The van der Waals surface area contributed by atoms with Crippen molar-refractivity contribution >= 4 is 11.9 Å². The molecule has 0 fully saturated rings. The lowest BCUT2D eigenvalue weighted by Crippen LogP contribution is -2.28. The van der Waals surface area contributed by atoms with Crippen molar-refractivity contribution in [3.63, 3.8) is 0 Å². The summed E-state index contributed by atoms with van der Waals surface area (Å²) in [7, 11) is 5.79. The van der Waals surface area contributed by atoms with Crippen LogP contribution >= 0.6 is 0 Å². The van der Waals surface area contributed by atoms with Gasteiger partial charge in [0.25, 0.3) is 0 Å². The van der Waals surface area contributed by atoms with Crippen molar-refractivity contribution in [3.8, 4) is 11.5 Å². The Morgan fingerprint density at radius 2 is 1.35 bits per heavy atom. The Labute approximate surface area is 181 Å². The van der Waals surface area contributed by atoms with Gasteiger partial charge in [-0.2, -0.15) is 0 Å². The van der Waals surface area contributed by atoms with E-state index in [1.807, 2.05) is 30.3 Å². The predicted octanol–water partition coefficient (Wildman–Crippen LogP) is 3.42. The van der Waals surface area contributed by atoms with Crippen molar-refractivity contribution in [1.82, 2.24) is 4.90 Å². The average Bonchev–Trinajstić information content (AvgIpc) is 2.82. The molecule has 0 saturated carbocycles. The molecule has 1 aliphatic heterocycles. The molecule has 0 bridgehead atoms. The van der Waals surface area contributed by atoms with Crippen LogP contribution in [0.15, 0.2) is 72.1 Å². The van der Waals surface area contributed by atoms with Gasteiger partial charge >= 0.3 is 11.9 Å². The minimum Gasteiger partial charge on any atom is -0.497 e. The summed E-state index contributed by atoms with van der Waals surface area (Å²) in [4.78, 5) is 27.2. The fourth-order valence-electron chi connectivity index (χ4n) is 3.54. The number of methoxy groups -OCH3 is 4.